The third kappa shape index (κ3) is 2.57. The normalized spacial score (nSPS) is 17.3. The Hall–Kier alpha value is -1.21. The zero-order valence-electron chi connectivity index (χ0n) is 11.0. The van der Waals surface area contributed by atoms with Crippen LogP contribution in [0.3, 0.4) is 0 Å². The minimum absolute atomic E-state index is 0.679. The van der Waals surface area contributed by atoms with Crippen LogP contribution in [0.15, 0.2) is 12.4 Å². The molecule has 3 rings (SSSR count). The topological polar surface area (TPSA) is 49.6 Å². The van der Waals surface area contributed by atoms with Gasteiger partial charge in [0.2, 0.25) is 0 Å². The zero-order valence-corrected chi connectivity index (χ0v) is 12.5. The van der Waals surface area contributed by atoms with Gasteiger partial charge in [0.25, 0.3) is 5.78 Å². The first-order valence-corrected chi connectivity index (χ1v) is 7.61. The summed E-state index contributed by atoms with van der Waals surface area (Å²) in [5, 5.41) is 5.31. The number of piperazine rings is 1. The van der Waals surface area contributed by atoms with E-state index in [0.717, 1.165) is 49.6 Å². The second-order valence-electron chi connectivity index (χ2n) is 4.75. The predicted octanol–water partition coefficient (Wildman–Crippen LogP) is 0.950. The van der Waals surface area contributed by atoms with Crippen LogP contribution in [-0.2, 0) is 0 Å². The summed E-state index contributed by atoms with van der Waals surface area (Å²) in [6.45, 7) is 7.32. The average molecular weight is 325 g/mol. The van der Waals surface area contributed by atoms with Crippen molar-refractivity contribution in [3.8, 4) is 0 Å². The largest absolute Gasteiger partial charge is 0.354 e. The van der Waals surface area contributed by atoms with E-state index in [1.807, 2.05) is 11.4 Å². The molecule has 0 N–H and O–H groups in total. The molecular weight excluding hydrogens is 308 g/mol. The molecule has 19 heavy (non-hydrogen) atoms. The molecule has 7 heteroatoms. The van der Waals surface area contributed by atoms with E-state index >= 15 is 0 Å². The molecule has 0 saturated carbocycles. The van der Waals surface area contributed by atoms with Gasteiger partial charge < -0.3 is 4.90 Å². The summed E-state index contributed by atoms with van der Waals surface area (Å²) in [7, 11) is 0. The molecule has 0 amide bonds. The minimum Gasteiger partial charge on any atom is -0.354 e. The van der Waals surface area contributed by atoms with Gasteiger partial charge in [-0.05, 0) is 6.92 Å². The fourth-order valence-electron chi connectivity index (χ4n) is 2.46. The van der Waals surface area contributed by atoms with Gasteiger partial charge in [-0.2, -0.15) is 14.6 Å². The van der Waals surface area contributed by atoms with E-state index in [9.17, 15) is 0 Å². The van der Waals surface area contributed by atoms with Crippen molar-refractivity contribution < 1.29 is 0 Å². The third-order valence-electron chi connectivity index (χ3n) is 3.46. The lowest BCUT2D eigenvalue weighted by Crippen LogP contribution is -2.47. The quantitative estimate of drug-likeness (QED) is 0.787. The SMILES string of the molecule is Cc1cc(N2CCN(CCBr)CC2)n2ncnc2n1. The maximum Gasteiger partial charge on any atom is 0.254 e. The van der Waals surface area contributed by atoms with Gasteiger partial charge in [-0.25, -0.2) is 4.98 Å². The van der Waals surface area contributed by atoms with Crippen LogP contribution in [0.5, 0.6) is 0 Å². The van der Waals surface area contributed by atoms with E-state index in [0.29, 0.717) is 5.78 Å². The first kappa shape index (κ1) is 12.8. The molecule has 102 valence electrons. The smallest absolute Gasteiger partial charge is 0.254 e. The number of rotatable bonds is 3. The van der Waals surface area contributed by atoms with Crippen molar-refractivity contribution >= 4 is 27.5 Å². The molecule has 0 atom stereocenters. The highest BCUT2D eigenvalue weighted by Crippen LogP contribution is 2.17. The maximum atomic E-state index is 4.38. The second-order valence-corrected chi connectivity index (χ2v) is 5.54. The first-order valence-electron chi connectivity index (χ1n) is 6.48. The molecule has 0 aliphatic carbocycles. The van der Waals surface area contributed by atoms with Crippen LogP contribution in [0.25, 0.3) is 5.78 Å². The van der Waals surface area contributed by atoms with E-state index in [-0.39, 0.29) is 0 Å². The summed E-state index contributed by atoms with van der Waals surface area (Å²) in [4.78, 5) is 13.4. The molecule has 1 fully saturated rings. The molecule has 0 unspecified atom stereocenters. The standard InChI is InChI=1S/C12H17BrN6/c1-10-8-11(19-12(16-10)14-9-15-19)18-6-4-17(3-2-13)5-7-18/h8-9H,2-7H2,1H3. The van der Waals surface area contributed by atoms with Crippen molar-refractivity contribution in [1.82, 2.24) is 24.5 Å². The van der Waals surface area contributed by atoms with Crippen molar-refractivity contribution in [3.63, 3.8) is 0 Å². The van der Waals surface area contributed by atoms with Crippen molar-refractivity contribution in [3.05, 3.63) is 18.1 Å². The van der Waals surface area contributed by atoms with Crippen LogP contribution < -0.4 is 4.90 Å². The van der Waals surface area contributed by atoms with Crippen LogP contribution in [0.1, 0.15) is 5.69 Å². The van der Waals surface area contributed by atoms with E-state index in [1.54, 1.807) is 6.33 Å². The number of aromatic nitrogens is 4. The number of aryl methyl sites for hydroxylation is 1. The molecule has 1 saturated heterocycles. The lowest BCUT2D eigenvalue weighted by Gasteiger charge is -2.35. The Balaban J connectivity index is 1.83. The van der Waals surface area contributed by atoms with Crippen molar-refractivity contribution in [2.45, 2.75) is 6.92 Å². The summed E-state index contributed by atoms with van der Waals surface area (Å²) in [6.07, 6.45) is 1.56. The van der Waals surface area contributed by atoms with Gasteiger partial charge in [0.15, 0.2) is 0 Å². The highest BCUT2D eigenvalue weighted by atomic mass is 79.9. The Morgan fingerprint density at radius 3 is 2.79 bits per heavy atom. The number of anilines is 1. The average Bonchev–Trinajstić information content (AvgIpc) is 2.87. The lowest BCUT2D eigenvalue weighted by molar-refractivity contribution is 0.273. The molecule has 2 aromatic heterocycles. The van der Waals surface area contributed by atoms with Crippen molar-refractivity contribution in [1.29, 1.82) is 0 Å². The number of halogens is 1. The van der Waals surface area contributed by atoms with Crippen molar-refractivity contribution in [2.75, 3.05) is 43.0 Å². The van der Waals surface area contributed by atoms with Crippen LogP contribution >= 0.6 is 15.9 Å². The predicted molar refractivity (Wildman–Crippen MR) is 78.0 cm³/mol. The lowest BCUT2D eigenvalue weighted by atomic mass is 10.3. The Bertz CT molecular complexity index is 560. The summed E-state index contributed by atoms with van der Waals surface area (Å²) in [5.41, 5.74) is 0.985. The summed E-state index contributed by atoms with van der Waals surface area (Å²) in [6, 6.07) is 2.09. The number of fused-ring (bicyclic) bond motifs is 1. The number of alkyl halides is 1. The van der Waals surface area contributed by atoms with Crippen LogP contribution in [0.4, 0.5) is 5.82 Å². The fourth-order valence-corrected chi connectivity index (χ4v) is 2.96. The molecule has 1 aliphatic heterocycles. The highest BCUT2D eigenvalue weighted by Gasteiger charge is 2.19. The molecule has 1 aliphatic rings. The third-order valence-corrected chi connectivity index (χ3v) is 3.81. The van der Waals surface area contributed by atoms with Gasteiger partial charge in [-0.3, -0.25) is 4.90 Å². The van der Waals surface area contributed by atoms with Crippen LogP contribution in [0, 0.1) is 6.92 Å². The molecule has 6 nitrogen and oxygen atoms in total. The first-order chi connectivity index (χ1) is 9.28. The second kappa shape index (κ2) is 5.42. The molecule has 0 radical (unpaired) electrons. The molecular formula is C12H17BrN6. The van der Waals surface area contributed by atoms with E-state index in [2.05, 4.69) is 46.9 Å². The number of hydrogen-bond acceptors (Lipinski definition) is 5. The summed E-state index contributed by atoms with van der Waals surface area (Å²) >= 11 is 3.50. The van der Waals surface area contributed by atoms with Gasteiger partial charge in [0.1, 0.15) is 12.1 Å². The minimum atomic E-state index is 0.679. The van der Waals surface area contributed by atoms with Crippen molar-refractivity contribution in [2.24, 2.45) is 0 Å². The maximum absolute atomic E-state index is 4.38. The monoisotopic (exact) mass is 324 g/mol. The van der Waals surface area contributed by atoms with E-state index in [4.69, 9.17) is 0 Å². The van der Waals surface area contributed by atoms with Gasteiger partial charge in [0.05, 0.1) is 0 Å². The molecule has 0 spiro atoms. The number of hydrogen-bond donors (Lipinski definition) is 0. The van der Waals surface area contributed by atoms with Gasteiger partial charge in [0, 0.05) is 49.8 Å². The van der Waals surface area contributed by atoms with Gasteiger partial charge >= 0.3 is 0 Å². The molecule has 2 aromatic rings. The Labute approximate surface area is 120 Å². The fraction of sp³-hybridized carbons (Fsp3) is 0.583. The molecule has 0 aromatic carbocycles. The van der Waals surface area contributed by atoms with Gasteiger partial charge in [-0.15, -0.1) is 0 Å². The Morgan fingerprint density at radius 2 is 2.05 bits per heavy atom. The number of nitrogens with zero attached hydrogens (tertiary/aromatic N) is 6. The van der Waals surface area contributed by atoms with E-state index in [1.165, 1.54) is 0 Å². The van der Waals surface area contributed by atoms with Crippen LogP contribution in [0.2, 0.25) is 0 Å². The molecule has 3 heterocycles. The Kier molecular flexibility index (Phi) is 3.65. The van der Waals surface area contributed by atoms with Crippen LogP contribution in [-0.4, -0.2) is 62.5 Å². The van der Waals surface area contributed by atoms with Gasteiger partial charge in [-0.1, -0.05) is 15.9 Å². The van der Waals surface area contributed by atoms with E-state index < -0.39 is 0 Å². The summed E-state index contributed by atoms with van der Waals surface area (Å²) in [5.74, 6) is 1.77. The summed E-state index contributed by atoms with van der Waals surface area (Å²) < 4.78 is 1.83. The Morgan fingerprint density at radius 1 is 1.26 bits per heavy atom. The highest BCUT2D eigenvalue weighted by molar-refractivity contribution is 9.09. The zero-order chi connectivity index (χ0) is 13.2. The molecule has 0 bridgehead atoms.